The second-order valence-electron chi connectivity index (χ2n) is 6.60. The van der Waals surface area contributed by atoms with E-state index in [1.165, 1.54) is 12.4 Å². The first kappa shape index (κ1) is 16.3. The minimum Gasteiger partial charge on any atom is -0.349 e. The third-order valence-corrected chi connectivity index (χ3v) is 4.84. The Morgan fingerprint density at radius 1 is 1.35 bits per heavy atom. The third kappa shape index (κ3) is 3.05. The van der Waals surface area contributed by atoms with Crippen LogP contribution in [0.2, 0.25) is 0 Å². The van der Waals surface area contributed by atoms with Gasteiger partial charge in [0.15, 0.2) is 0 Å². The maximum atomic E-state index is 12.9. The molecule has 0 spiro atoms. The van der Waals surface area contributed by atoms with E-state index >= 15 is 0 Å². The minimum absolute atomic E-state index is 0.0743. The molecular weight excluding hydrogens is 332 g/mol. The van der Waals surface area contributed by atoms with Gasteiger partial charge in [-0.15, -0.1) is 0 Å². The molecule has 0 aromatic carbocycles. The van der Waals surface area contributed by atoms with Crippen molar-refractivity contribution in [1.29, 1.82) is 0 Å². The van der Waals surface area contributed by atoms with Crippen LogP contribution in [0.3, 0.4) is 0 Å². The van der Waals surface area contributed by atoms with Gasteiger partial charge >= 0.3 is 0 Å². The Kier molecular flexibility index (Phi) is 4.16. The molecule has 8 heteroatoms. The smallest absolute Gasteiger partial charge is 0.271 e. The van der Waals surface area contributed by atoms with E-state index in [4.69, 9.17) is 0 Å². The number of aromatic nitrogens is 5. The van der Waals surface area contributed by atoms with E-state index < -0.39 is 0 Å². The van der Waals surface area contributed by atoms with Crippen molar-refractivity contribution < 1.29 is 4.79 Å². The van der Waals surface area contributed by atoms with Crippen molar-refractivity contribution in [3.63, 3.8) is 0 Å². The monoisotopic (exact) mass is 352 g/mol. The van der Waals surface area contributed by atoms with E-state index in [0.717, 1.165) is 29.9 Å². The zero-order chi connectivity index (χ0) is 18.1. The number of nitrogens with one attached hydrogen (secondary N) is 2. The highest BCUT2D eigenvalue weighted by Crippen LogP contribution is 2.26. The van der Waals surface area contributed by atoms with Crippen molar-refractivity contribution in [3.05, 3.63) is 58.5 Å². The summed E-state index contributed by atoms with van der Waals surface area (Å²) in [6, 6.07) is 7.20. The minimum atomic E-state index is -0.167. The molecule has 0 bridgehead atoms. The molecule has 4 rings (SSSR count). The van der Waals surface area contributed by atoms with Crippen LogP contribution in [-0.2, 0) is 7.05 Å². The van der Waals surface area contributed by atoms with Gasteiger partial charge in [-0.1, -0.05) is 0 Å². The van der Waals surface area contributed by atoms with Gasteiger partial charge in [0.25, 0.3) is 11.5 Å². The second kappa shape index (κ2) is 6.62. The highest BCUT2D eigenvalue weighted by atomic mass is 16.2. The Balaban J connectivity index is 1.52. The fourth-order valence-electron chi connectivity index (χ4n) is 3.47. The predicted molar refractivity (Wildman–Crippen MR) is 95.7 cm³/mol. The maximum Gasteiger partial charge on any atom is 0.271 e. The summed E-state index contributed by atoms with van der Waals surface area (Å²) in [5.74, 6) is -0.00207. The summed E-state index contributed by atoms with van der Waals surface area (Å²) in [5.41, 5.74) is 2.73. The number of H-pyrrole nitrogens is 2. The van der Waals surface area contributed by atoms with Crippen LogP contribution in [0.25, 0.3) is 11.4 Å². The number of hydrogen-bond acceptors (Lipinski definition) is 4. The summed E-state index contributed by atoms with van der Waals surface area (Å²) >= 11 is 0. The van der Waals surface area contributed by atoms with Gasteiger partial charge in [0.05, 0.1) is 17.7 Å². The van der Waals surface area contributed by atoms with E-state index in [1.54, 1.807) is 11.0 Å². The molecule has 1 atom stereocenters. The van der Waals surface area contributed by atoms with E-state index in [1.807, 2.05) is 29.9 Å². The zero-order valence-corrected chi connectivity index (χ0v) is 14.5. The van der Waals surface area contributed by atoms with Gasteiger partial charge in [0.2, 0.25) is 0 Å². The van der Waals surface area contributed by atoms with Gasteiger partial charge in [-0.2, -0.15) is 5.10 Å². The average Bonchev–Trinajstić information content (AvgIpc) is 3.30. The molecule has 134 valence electrons. The molecule has 1 aliphatic heterocycles. The molecule has 1 amide bonds. The Morgan fingerprint density at radius 2 is 2.23 bits per heavy atom. The molecule has 1 fully saturated rings. The molecule has 26 heavy (non-hydrogen) atoms. The Labute approximate surface area is 149 Å². The summed E-state index contributed by atoms with van der Waals surface area (Å²) in [4.78, 5) is 33.0. The second-order valence-corrected chi connectivity index (χ2v) is 6.60. The molecular formula is C18H20N6O2. The first-order chi connectivity index (χ1) is 12.6. The van der Waals surface area contributed by atoms with Crippen molar-refractivity contribution in [3.8, 4) is 11.4 Å². The SMILES string of the molecule is Cn1cccc1-c1cc(C(=O)N2CCC[C@H](c3cc(=O)[nH]cn3)C2)[nH]n1. The number of hydrogen-bond donors (Lipinski definition) is 2. The van der Waals surface area contributed by atoms with Gasteiger partial charge in [0, 0.05) is 38.3 Å². The van der Waals surface area contributed by atoms with E-state index in [-0.39, 0.29) is 17.4 Å². The van der Waals surface area contributed by atoms with Crippen LogP contribution in [0.5, 0.6) is 0 Å². The summed E-state index contributed by atoms with van der Waals surface area (Å²) in [5, 5.41) is 7.13. The van der Waals surface area contributed by atoms with Crippen LogP contribution in [0.4, 0.5) is 0 Å². The van der Waals surface area contributed by atoms with Gasteiger partial charge in [-0.25, -0.2) is 4.98 Å². The normalized spacial score (nSPS) is 17.4. The van der Waals surface area contributed by atoms with Crippen molar-refractivity contribution in [2.45, 2.75) is 18.8 Å². The quantitative estimate of drug-likeness (QED) is 0.746. The maximum absolute atomic E-state index is 12.9. The predicted octanol–water partition coefficient (Wildman–Crippen LogP) is 1.52. The van der Waals surface area contributed by atoms with Crippen LogP contribution in [0.15, 0.2) is 41.6 Å². The highest BCUT2D eigenvalue weighted by Gasteiger charge is 2.27. The molecule has 4 heterocycles. The Hall–Kier alpha value is -3.16. The first-order valence-corrected chi connectivity index (χ1v) is 8.63. The van der Waals surface area contributed by atoms with E-state index in [9.17, 15) is 9.59 Å². The number of amides is 1. The lowest BCUT2D eigenvalue weighted by Gasteiger charge is -2.32. The first-order valence-electron chi connectivity index (χ1n) is 8.63. The van der Waals surface area contributed by atoms with Crippen molar-refractivity contribution >= 4 is 5.91 Å². The highest BCUT2D eigenvalue weighted by molar-refractivity contribution is 5.93. The molecule has 8 nitrogen and oxygen atoms in total. The van der Waals surface area contributed by atoms with Gasteiger partial charge in [-0.3, -0.25) is 14.7 Å². The number of aryl methyl sites for hydroxylation is 1. The van der Waals surface area contributed by atoms with Gasteiger partial charge in [0.1, 0.15) is 11.4 Å². The lowest BCUT2D eigenvalue weighted by atomic mass is 9.94. The van der Waals surface area contributed by atoms with Crippen molar-refractivity contribution in [2.24, 2.45) is 7.05 Å². The lowest BCUT2D eigenvalue weighted by Crippen LogP contribution is -2.39. The fourth-order valence-corrected chi connectivity index (χ4v) is 3.47. The summed E-state index contributed by atoms with van der Waals surface area (Å²) in [6.07, 6.45) is 5.15. The van der Waals surface area contributed by atoms with Crippen LogP contribution >= 0.6 is 0 Å². The van der Waals surface area contributed by atoms with Crippen LogP contribution in [0.1, 0.15) is 34.9 Å². The number of rotatable bonds is 3. The summed E-state index contributed by atoms with van der Waals surface area (Å²) < 4.78 is 1.96. The lowest BCUT2D eigenvalue weighted by molar-refractivity contribution is 0.0700. The standard InChI is InChI=1S/C18H20N6O2/c1-23-6-3-5-16(23)14-8-15(22-21-14)18(26)24-7-2-4-12(10-24)13-9-17(25)20-11-19-13/h3,5-6,8-9,11-12H,2,4,7,10H2,1H3,(H,21,22)(H,19,20,25)/t12-/m0/s1. The topological polar surface area (TPSA) is 99.7 Å². The largest absolute Gasteiger partial charge is 0.349 e. The number of nitrogens with zero attached hydrogens (tertiary/aromatic N) is 4. The van der Waals surface area contributed by atoms with Gasteiger partial charge in [-0.05, 0) is 31.0 Å². The van der Waals surface area contributed by atoms with Crippen molar-refractivity contribution in [2.75, 3.05) is 13.1 Å². The fraction of sp³-hybridized carbons (Fsp3) is 0.333. The summed E-state index contributed by atoms with van der Waals surface area (Å²) in [7, 11) is 1.94. The van der Waals surface area contributed by atoms with Crippen molar-refractivity contribution in [1.82, 2.24) is 29.6 Å². The Bertz CT molecular complexity index is 985. The van der Waals surface area contributed by atoms with Gasteiger partial charge < -0.3 is 14.5 Å². The molecule has 0 unspecified atom stereocenters. The molecule has 2 N–H and O–H groups in total. The average molecular weight is 352 g/mol. The zero-order valence-electron chi connectivity index (χ0n) is 14.5. The Morgan fingerprint density at radius 3 is 3.00 bits per heavy atom. The van der Waals surface area contributed by atoms with Crippen LogP contribution in [-0.4, -0.2) is 48.6 Å². The molecule has 3 aromatic rings. The molecule has 1 aliphatic rings. The molecule has 0 aliphatic carbocycles. The molecule has 0 saturated carbocycles. The number of likely N-dealkylation sites (tertiary alicyclic amines) is 1. The van der Waals surface area contributed by atoms with Crippen LogP contribution in [0, 0.1) is 0 Å². The van der Waals surface area contributed by atoms with E-state index in [2.05, 4.69) is 20.2 Å². The number of aromatic amines is 2. The van der Waals surface area contributed by atoms with E-state index in [0.29, 0.717) is 18.8 Å². The molecule has 3 aromatic heterocycles. The number of piperidine rings is 1. The number of carbonyl (C=O) groups excluding carboxylic acids is 1. The molecule has 0 radical (unpaired) electrons. The third-order valence-electron chi connectivity index (χ3n) is 4.84. The van der Waals surface area contributed by atoms with Crippen LogP contribution < -0.4 is 5.56 Å². The molecule has 1 saturated heterocycles. The summed E-state index contributed by atoms with van der Waals surface area (Å²) in [6.45, 7) is 1.24. The number of carbonyl (C=O) groups is 1.